The van der Waals surface area contributed by atoms with E-state index in [1.165, 1.54) is 37.8 Å². The van der Waals surface area contributed by atoms with Crippen LogP contribution in [0.5, 0.6) is 0 Å². The lowest BCUT2D eigenvalue weighted by Gasteiger charge is -2.37. The fraction of sp³-hybridized carbons (Fsp3) is 0.647. The Hall–Kier alpha value is -1.09. The molecule has 112 valence electrons. The summed E-state index contributed by atoms with van der Waals surface area (Å²) < 4.78 is 13.0. The molecule has 1 aliphatic carbocycles. The van der Waals surface area contributed by atoms with Crippen LogP contribution in [0.4, 0.5) is 10.1 Å². The van der Waals surface area contributed by atoms with Crippen LogP contribution in [0.15, 0.2) is 24.3 Å². The minimum absolute atomic E-state index is 0.0148. The first-order valence-electron chi connectivity index (χ1n) is 7.80. The Kier molecular flexibility index (Phi) is 5.41. The molecule has 0 bridgehead atoms. The van der Waals surface area contributed by atoms with Crippen molar-refractivity contribution < 1.29 is 9.50 Å². The Balaban J connectivity index is 2.12. The Morgan fingerprint density at radius 2 is 1.70 bits per heavy atom. The summed E-state index contributed by atoms with van der Waals surface area (Å²) in [5, 5.41) is 9.92. The molecule has 2 rings (SSSR count). The molecule has 0 atom stereocenters. The third-order valence-electron chi connectivity index (χ3n) is 4.60. The molecular weight excluding hydrogens is 253 g/mol. The maximum absolute atomic E-state index is 13.0. The van der Waals surface area contributed by atoms with E-state index in [1.807, 2.05) is 12.1 Å². The van der Waals surface area contributed by atoms with Crippen LogP contribution in [0.1, 0.15) is 45.4 Å². The van der Waals surface area contributed by atoms with Crippen LogP contribution < -0.4 is 4.90 Å². The van der Waals surface area contributed by atoms with Crippen molar-refractivity contribution in [3.63, 3.8) is 0 Å². The van der Waals surface area contributed by atoms with Crippen LogP contribution in [0.2, 0.25) is 0 Å². The molecule has 1 fully saturated rings. The van der Waals surface area contributed by atoms with Gasteiger partial charge in [-0.15, -0.1) is 0 Å². The molecular formula is C17H26FNO. The number of aliphatic hydroxyl groups excluding tert-OH is 1. The highest BCUT2D eigenvalue weighted by Gasteiger charge is 2.32. The van der Waals surface area contributed by atoms with E-state index in [0.717, 1.165) is 31.6 Å². The van der Waals surface area contributed by atoms with Gasteiger partial charge in [0.05, 0.1) is 6.61 Å². The minimum Gasteiger partial charge on any atom is -0.396 e. The van der Waals surface area contributed by atoms with Gasteiger partial charge in [0.25, 0.3) is 0 Å². The van der Waals surface area contributed by atoms with Gasteiger partial charge in [-0.2, -0.15) is 0 Å². The number of rotatable bonds is 5. The van der Waals surface area contributed by atoms with Crippen LogP contribution in [-0.4, -0.2) is 24.8 Å². The second kappa shape index (κ2) is 7.07. The molecule has 0 aliphatic heterocycles. The summed E-state index contributed by atoms with van der Waals surface area (Å²) in [5.74, 6) is -0.198. The van der Waals surface area contributed by atoms with E-state index in [4.69, 9.17) is 0 Å². The maximum atomic E-state index is 13.0. The Morgan fingerprint density at radius 1 is 1.10 bits per heavy atom. The van der Waals surface area contributed by atoms with Gasteiger partial charge < -0.3 is 10.0 Å². The highest BCUT2D eigenvalue weighted by molar-refractivity contribution is 5.46. The Labute approximate surface area is 121 Å². The van der Waals surface area contributed by atoms with Crippen molar-refractivity contribution in [3.05, 3.63) is 30.1 Å². The average molecular weight is 279 g/mol. The topological polar surface area (TPSA) is 23.5 Å². The van der Waals surface area contributed by atoms with Gasteiger partial charge in [0.1, 0.15) is 5.82 Å². The molecule has 1 aromatic rings. The predicted molar refractivity (Wildman–Crippen MR) is 81.5 cm³/mol. The summed E-state index contributed by atoms with van der Waals surface area (Å²) in [6.07, 6.45) is 7.18. The lowest BCUT2D eigenvalue weighted by Crippen LogP contribution is -2.40. The normalized spacial score (nSPS) is 18.6. The molecule has 0 unspecified atom stereocenters. The van der Waals surface area contributed by atoms with Crippen LogP contribution in [0, 0.1) is 11.2 Å². The smallest absolute Gasteiger partial charge is 0.123 e. The van der Waals surface area contributed by atoms with Crippen molar-refractivity contribution in [3.8, 4) is 0 Å². The van der Waals surface area contributed by atoms with Gasteiger partial charge in [-0.1, -0.05) is 25.7 Å². The van der Waals surface area contributed by atoms with Gasteiger partial charge in [-0.3, -0.25) is 0 Å². The molecule has 0 radical (unpaired) electrons. The number of anilines is 1. The predicted octanol–water partition coefficient (Wildman–Crippen LogP) is 3.98. The first-order valence-corrected chi connectivity index (χ1v) is 7.80. The van der Waals surface area contributed by atoms with E-state index in [1.54, 1.807) is 0 Å². The van der Waals surface area contributed by atoms with Gasteiger partial charge in [0, 0.05) is 24.2 Å². The monoisotopic (exact) mass is 279 g/mol. The van der Waals surface area contributed by atoms with Crippen molar-refractivity contribution in [2.75, 3.05) is 24.6 Å². The largest absolute Gasteiger partial charge is 0.396 e. The van der Waals surface area contributed by atoms with Gasteiger partial charge >= 0.3 is 0 Å². The summed E-state index contributed by atoms with van der Waals surface area (Å²) >= 11 is 0. The number of hydrogen-bond donors (Lipinski definition) is 1. The second-order valence-corrected chi connectivity index (χ2v) is 6.06. The molecule has 1 aliphatic rings. The third-order valence-corrected chi connectivity index (χ3v) is 4.60. The van der Waals surface area contributed by atoms with Crippen molar-refractivity contribution in [1.29, 1.82) is 0 Å². The zero-order chi connectivity index (χ0) is 14.4. The van der Waals surface area contributed by atoms with Crippen molar-refractivity contribution in [2.24, 2.45) is 5.41 Å². The fourth-order valence-corrected chi connectivity index (χ4v) is 3.29. The number of halogens is 1. The van der Waals surface area contributed by atoms with E-state index in [-0.39, 0.29) is 17.8 Å². The van der Waals surface area contributed by atoms with Crippen molar-refractivity contribution in [1.82, 2.24) is 0 Å². The molecule has 1 N–H and O–H groups in total. The highest BCUT2D eigenvalue weighted by Crippen LogP contribution is 2.36. The van der Waals surface area contributed by atoms with Crippen molar-refractivity contribution in [2.45, 2.75) is 45.4 Å². The molecule has 20 heavy (non-hydrogen) atoms. The molecule has 0 saturated heterocycles. The number of benzene rings is 1. The molecule has 0 amide bonds. The molecule has 3 heteroatoms. The van der Waals surface area contributed by atoms with E-state index >= 15 is 0 Å². The van der Waals surface area contributed by atoms with Gasteiger partial charge in [0.2, 0.25) is 0 Å². The summed E-state index contributed by atoms with van der Waals surface area (Å²) in [6, 6.07) is 6.69. The van der Waals surface area contributed by atoms with Crippen LogP contribution in [-0.2, 0) is 0 Å². The molecule has 2 nitrogen and oxygen atoms in total. The Morgan fingerprint density at radius 3 is 2.20 bits per heavy atom. The van der Waals surface area contributed by atoms with Gasteiger partial charge in [0.15, 0.2) is 0 Å². The molecule has 0 heterocycles. The van der Waals surface area contributed by atoms with Crippen LogP contribution in [0.25, 0.3) is 0 Å². The SMILES string of the molecule is CCN(CC1(CO)CCCCCC1)c1ccc(F)cc1. The summed E-state index contributed by atoms with van der Waals surface area (Å²) in [6.45, 7) is 4.12. The van der Waals surface area contributed by atoms with Crippen molar-refractivity contribution >= 4 is 5.69 Å². The van der Waals surface area contributed by atoms with Gasteiger partial charge in [-0.05, 0) is 44.0 Å². The van der Waals surface area contributed by atoms with Gasteiger partial charge in [-0.25, -0.2) is 4.39 Å². The lowest BCUT2D eigenvalue weighted by atomic mass is 9.80. The van der Waals surface area contributed by atoms with Crippen LogP contribution in [0.3, 0.4) is 0 Å². The molecule has 1 saturated carbocycles. The molecule has 0 spiro atoms. The van der Waals surface area contributed by atoms with Crippen LogP contribution >= 0.6 is 0 Å². The van der Waals surface area contributed by atoms with E-state index < -0.39 is 0 Å². The summed E-state index contributed by atoms with van der Waals surface area (Å²) in [5.41, 5.74) is 1.06. The lowest BCUT2D eigenvalue weighted by molar-refractivity contribution is 0.113. The molecule has 0 aromatic heterocycles. The summed E-state index contributed by atoms with van der Waals surface area (Å²) in [7, 11) is 0. The first kappa shape index (κ1) is 15.3. The van der Waals surface area contributed by atoms with E-state index in [2.05, 4.69) is 11.8 Å². The Bertz CT molecular complexity index is 396. The first-order chi connectivity index (χ1) is 9.69. The quantitative estimate of drug-likeness (QED) is 0.824. The maximum Gasteiger partial charge on any atom is 0.123 e. The zero-order valence-electron chi connectivity index (χ0n) is 12.4. The fourth-order valence-electron chi connectivity index (χ4n) is 3.29. The number of nitrogens with zero attached hydrogens (tertiary/aromatic N) is 1. The van der Waals surface area contributed by atoms with E-state index in [0.29, 0.717) is 0 Å². The second-order valence-electron chi connectivity index (χ2n) is 6.06. The highest BCUT2D eigenvalue weighted by atomic mass is 19.1. The third kappa shape index (κ3) is 3.72. The number of hydrogen-bond acceptors (Lipinski definition) is 2. The standard InChI is InChI=1S/C17H26FNO/c1-2-19(16-9-7-15(18)8-10-16)13-17(14-20)11-5-3-4-6-12-17/h7-10,20H,2-6,11-14H2,1H3. The minimum atomic E-state index is -0.198. The molecule has 1 aromatic carbocycles. The average Bonchev–Trinajstić information content (AvgIpc) is 2.72. The summed E-state index contributed by atoms with van der Waals surface area (Å²) in [4.78, 5) is 2.26. The van der Waals surface area contributed by atoms with E-state index in [9.17, 15) is 9.50 Å². The number of aliphatic hydroxyl groups is 1. The zero-order valence-corrected chi connectivity index (χ0v) is 12.4.